The average Bonchev–Trinajstić information content (AvgIpc) is 2.08. The molecule has 12 heavy (non-hydrogen) atoms. The van der Waals surface area contributed by atoms with Crippen molar-refractivity contribution in [2.75, 3.05) is 6.26 Å². The molecular formula is C8H9O3S+. The van der Waals surface area contributed by atoms with Gasteiger partial charge in [0.25, 0.3) is 6.47 Å². The third kappa shape index (κ3) is 5.49. The lowest BCUT2D eigenvalue weighted by atomic mass is 10.3. The molecule has 0 heterocycles. The van der Waals surface area contributed by atoms with Gasteiger partial charge in [0, 0.05) is 4.21 Å². The Morgan fingerprint density at radius 2 is 1.83 bits per heavy atom. The molecule has 0 amide bonds. The number of hydrogen-bond donors (Lipinski definition) is 0. The normalized spacial score (nSPS) is 7.42. The minimum Gasteiger partial charge on any atom is -0.429 e. The fourth-order valence-electron chi connectivity index (χ4n) is 0.555. The smallest absolute Gasteiger partial charge is 0.429 e. The number of rotatable bonds is 2. The van der Waals surface area contributed by atoms with Crippen LogP contribution < -0.4 is 4.74 Å². The van der Waals surface area contributed by atoms with Crippen molar-refractivity contribution in [3.63, 3.8) is 0 Å². The Morgan fingerprint density at radius 3 is 2.25 bits per heavy atom. The predicted molar refractivity (Wildman–Crippen MR) is 47.1 cm³/mol. The van der Waals surface area contributed by atoms with Crippen LogP contribution in [0.1, 0.15) is 0 Å². The second-order valence-corrected chi connectivity index (χ2v) is 2.03. The zero-order chi connectivity index (χ0) is 9.23. The Hall–Kier alpha value is -1.29. The van der Waals surface area contributed by atoms with E-state index in [0.717, 1.165) is 0 Å². The zero-order valence-electron chi connectivity index (χ0n) is 6.60. The maximum absolute atomic E-state index is 9.75. The quantitative estimate of drug-likeness (QED) is 0.514. The monoisotopic (exact) mass is 185 g/mol. The molecule has 1 aromatic rings. The van der Waals surface area contributed by atoms with Crippen LogP contribution in [0.2, 0.25) is 0 Å². The van der Waals surface area contributed by atoms with E-state index in [4.69, 9.17) is 4.21 Å². The van der Waals surface area contributed by atoms with Gasteiger partial charge < -0.3 is 4.74 Å². The standard InChI is InChI=1S/C7H6O2.CH3OS/c8-6-9-7-4-2-1-3-5-7;1-3-2/h1-6H;1H3/q;+1. The molecule has 0 atom stereocenters. The first kappa shape index (κ1) is 10.7. The van der Waals surface area contributed by atoms with Gasteiger partial charge in [-0.25, -0.2) is 0 Å². The first-order valence-electron chi connectivity index (χ1n) is 3.16. The van der Waals surface area contributed by atoms with E-state index in [1.165, 1.54) is 6.26 Å². The summed E-state index contributed by atoms with van der Waals surface area (Å²) in [5.41, 5.74) is 0. The van der Waals surface area contributed by atoms with Crippen LogP contribution in [0.5, 0.6) is 5.75 Å². The topological polar surface area (TPSA) is 43.4 Å². The zero-order valence-corrected chi connectivity index (χ0v) is 7.41. The summed E-state index contributed by atoms with van der Waals surface area (Å²) in [7, 11) is 0. The molecule has 0 unspecified atom stereocenters. The van der Waals surface area contributed by atoms with Crippen molar-refractivity contribution >= 4 is 18.1 Å². The Kier molecular flexibility index (Phi) is 6.97. The number of carbonyl (C=O) groups is 1. The molecule has 0 spiro atoms. The van der Waals surface area contributed by atoms with Crippen molar-refractivity contribution in [1.82, 2.24) is 0 Å². The van der Waals surface area contributed by atoms with Crippen molar-refractivity contribution in [3.8, 4) is 5.75 Å². The summed E-state index contributed by atoms with van der Waals surface area (Å²) in [4.78, 5) is 9.75. The molecule has 0 aliphatic carbocycles. The molecule has 0 saturated heterocycles. The largest absolute Gasteiger partial charge is 0.455 e. The summed E-state index contributed by atoms with van der Waals surface area (Å²) >= 11 is 0.500. The number of benzene rings is 1. The second-order valence-electron chi connectivity index (χ2n) is 1.69. The van der Waals surface area contributed by atoms with Crippen molar-refractivity contribution in [2.45, 2.75) is 0 Å². The summed E-state index contributed by atoms with van der Waals surface area (Å²) in [5, 5.41) is 0. The molecule has 0 bridgehead atoms. The van der Waals surface area contributed by atoms with E-state index in [1.807, 2.05) is 6.07 Å². The van der Waals surface area contributed by atoms with Crippen LogP contribution in [0.15, 0.2) is 30.3 Å². The SMILES string of the molecule is C[S+]=O.O=COc1ccccc1. The van der Waals surface area contributed by atoms with E-state index in [0.29, 0.717) is 23.9 Å². The van der Waals surface area contributed by atoms with Crippen molar-refractivity contribution in [3.05, 3.63) is 30.3 Å². The molecule has 0 aliphatic rings. The fraction of sp³-hybridized carbons (Fsp3) is 0.125. The van der Waals surface area contributed by atoms with Crippen molar-refractivity contribution in [1.29, 1.82) is 0 Å². The molecule has 0 fully saturated rings. The predicted octanol–water partition coefficient (Wildman–Crippen LogP) is 1.27. The van der Waals surface area contributed by atoms with Crippen LogP contribution in [0.3, 0.4) is 0 Å². The fourth-order valence-corrected chi connectivity index (χ4v) is 0.555. The van der Waals surface area contributed by atoms with Crippen LogP contribution >= 0.6 is 0 Å². The molecule has 64 valence electrons. The van der Waals surface area contributed by atoms with Gasteiger partial charge in [0.05, 0.1) is 0 Å². The summed E-state index contributed by atoms with van der Waals surface area (Å²) < 4.78 is 13.4. The summed E-state index contributed by atoms with van der Waals surface area (Å²) in [6.45, 7) is 0.412. The highest BCUT2D eigenvalue weighted by Crippen LogP contribution is 2.05. The minimum absolute atomic E-state index is 0.412. The van der Waals surface area contributed by atoms with Gasteiger partial charge in [-0.2, -0.15) is 0 Å². The van der Waals surface area contributed by atoms with Gasteiger partial charge in [-0.3, -0.25) is 4.79 Å². The Labute approximate surface area is 74.8 Å². The van der Waals surface area contributed by atoms with Crippen LogP contribution in [0, 0.1) is 0 Å². The Balaban J connectivity index is 0.000000354. The van der Waals surface area contributed by atoms with E-state index >= 15 is 0 Å². The van der Waals surface area contributed by atoms with E-state index < -0.39 is 0 Å². The molecule has 1 aromatic carbocycles. The molecule has 0 radical (unpaired) electrons. The second kappa shape index (κ2) is 7.81. The van der Waals surface area contributed by atoms with Gasteiger partial charge in [-0.15, -0.1) is 0 Å². The highest BCUT2D eigenvalue weighted by atomic mass is 32.1. The van der Waals surface area contributed by atoms with Crippen LogP contribution in [0.4, 0.5) is 0 Å². The Morgan fingerprint density at radius 1 is 1.33 bits per heavy atom. The molecule has 3 nitrogen and oxygen atoms in total. The molecule has 4 heteroatoms. The van der Waals surface area contributed by atoms with Crippen molar-refractivity contribution < 1.29 is 13.7 Å². The molecule has 0 aliphatic heterocycles. The van der Waals surface area contributed by atoms with Gasteiger partial charge in [0.15, 0.2) is 0 Å². The van der Waals surface area contributed by atoms with Gasteiger partial charge in [-0.1, -0.05) is 18.2 Å². The third-order valence-corrected chi connectivity index (χ3v) is 0.927. The van der Waals surface area contributed by atoms with E-state index in [9.17, 15) is 4.79 Å². The minimum atomic E-state index is 0.412. The van der Waals surface area contributed by atoms with E-state index in [2.05, 4.69) is 4.74 Å². The molecular weight excluding hydrogens is 176 g/mol. The van der Waals surface area contributed by atoms with Gasteiger partial charge in [0.2, 0.25) is 6.26 Å². The number of carbonyl (C=O) groups excluding carboxylic acids is 1. The van der Waals surface area contributed by atoms with Crippen LogP contribution in [-0.2, 0) is 20.7 Å². The molecule has 0 N–H and O–H groups in total. The highest BCUT2D eigenvalue weighted by molar-refractivity contribution is 7.64. The third-order valence-electron chi connectivity index (χ3n) is 0.927. The maximum atomic E-state index is 9.75. The lowest BCUT2D eigenvalue weighted by molar-refractivity contribution is -0.120. The van der Waals surface area contributed by atoms with Gasteiger partial charge >= 0.3 is 11.7 Å². The summed E-state index contributed by atoms with van der Waals surface area (Å²) in [5.74, 6) is 0.576. The summed E-state index contributed by atoms with van der Waals surface area (Å²) in [6, 6.07) is 8.90. The Bertz CT molecular complexity index is 223. The van der Waals surface area contributed by atoms with Gasteiger partial charge in [0.1, 0.15) is 5.75 Å². The van der Waals surface area contributed by atoms with Gasteiger partial charge in [-0.05, 0) is 12.1 Å². The molecule has 0 aromatic heterocycles. The first-order chi connectivity index (χ1) is 5.85. The maximum Gasteiger partial charge on any atom is 0.455 e. The number of ether oxygens (including phenoxy) is 1. The number of hydrogen-bond acceptors (Lipinski definition) is 3. The van der Waals surface area contributed by atoms with Crippen molar-refractivity contribution in [2.24, 2.45) is 0 Å². The lowest BCUT2D eigenvalue weighted by Gasteiger charge is -1.92. The molecule has 0 saturated carbocycles. The average molecular weight is 185 g/mol. The summed E-state index contributed by atoms with van der Waals surface area (Å²) in [6.07, 6.45) is 1.49. The number of para-hydroxylation sites is 1. The van der Waals surface area contributed by atoms with E-state index in [-0.39, 0.29) is 0 Å². The highest BCUT2D eigenvalue weighted by Gasteiger charge is 1.84. The van der Waals surface area contributed by atoms with E-state index in [1.54, 1.807) is 24.3 Å². The lowest BCUT2D eigenvalue weighted by Crippen LogP contribution is -1.85. The van der Waals surface area contributed by atoms with Crippen LogP contribution in [-0.4, -0.2) is 12.7 Å². The van der Waals surface area contributed by atoms with Crippen LogP contribution in [0.25, 0.3) is 0 Å². The molecule has 1 rings (SSSR count). The first-order valence-corrected chi connectivity index (χ1v) is 4.31.